The number of rotatable bonds is 5. The minimum atomic E-state index is -1.35. The van der Waals surface area contributed by atoms with E-state index in [2.05, 4.69) is 0 Å². The number of aryl methyl sites for hydroxylation is 2. The van der Waals surface area contributed by atoms with Gasteiger partial charge in [-0.25, -0.2) is 0 Å². The Morgan fingerprint density at radius 1 is 0.900 bits per heavy atom. The van der Waals surface area contributed by atoms with Gasteiger partial charge in [0.1, 0.15) is 11.6 Å². The zero-order valence-corrected chi connectivity index (χ0v) is 23.1. The monoisotopic (exact) mass is 541 g/mol. The Morgan fingerprint density at radius 2 is 1.62 bits per heavy atom. The Hall–Kier alpha value is -3.75. The van der Waals surface area contributed by atoms with Crippen molar-refractivity contribution < 1.29 is 24.2 Å². The van der Waals surface area contributed by atoms with Crippen molar-refractivity contribution in [3.63, 3.8) is 0 Å². The van der Waals surface area contributed by atoms with Crippen LogP contribution in [0.15, 0.2) is 72.8 Å². The van der Waals surface area contributed by atoms with Gasteiger partial charge in [0.2, 0.25) is 11.8 Å². The molecule has 0 aliphatic carbocycles. The summed E-state index contributed by atoms with van der Waals surface area (Å²) >= 11 is 0. The summed E-state index contributed by atoms with van der Waals surface area (Å²) in [7, 11) is 0. The highest BCUT2D eigenvalue weighted by atomic mass is 16.5. The molecule has 5 atom stereocenters. The molecule has 0 aromatic heterocycles. The van der Waals surface area contributed by atoms with Crippen LogP contribution < -0.4 is 9.80 Å². The highest BCUT2D eigenvalue weighted by Gasteiger charge is 2.75. The maximum Gasteiger partial charge on any atom is 0.253 e. The summed E-state index contributed by atoms with van der Waals surface area (Å²) in [6.45, 7) is 6.22. The van der Waals surface area contributed by atoms with E-state index in [4.69, 9.17) is 4.74 Å². The molecule has 4 heterocycles. The van der Waals surface area contributed by atoms with Crippen molar-refractivity contribution in [3.05, 3.63) is 84.0 Å². The van der Waals surface area contributed by atoms with Gasteiger partial charge in [0.05, 0.1) is 24.0 Å². The van der Waals surface area contributed by atoms with E-state index in [9.17, 15) is 19.5 Å². The molecule has 40 heavy (non-hydrogen) atoms. The summed E-state index contributed by atoms with van der Waals surface area (Å²) in [4.78, 5) is 48.1. The Bertz CT molecular complexity index is 1420. The number of β-amino-alcohol motifs (C(OH)–C–C–N with tert-alkyl or cyclic N) is 1. The number of aliphatic hydroxyl groups is 1. The molecule has 0 saturated carbocycles. The molecule has 1 N–H and O–H groups in total. The van der Waals surface area contributed by atoms with Crippen LogP contribution in [0.3, 0.4) is 0 Å². The van der Waals surface area contributed by atoms with Crippen molar-refractivity contribution in [1.29, 1.82) is 0 Å². The van der Waals surface area contributed by atoms with E-state index < -0.39 is 29.1 Å². The molecule has 3 amide bonds. The van der Waals surface area contributed by atoms with Gasteiger partial charge in [0.15, 0.2) is 0 Å². The van der Waals surface area contributed by atoms with Crippen LogP contribution in [0.5, 0.6) is 0 Å². The summed E-state index contributed by atoms with van der Waals surface area (Å²) in [5.74, 6) is -2.56. The molecule has 2 fully saturated rings. The molecule has 2 saturated heterocycles. The molecule has 1 spiro atoms. The van der Waals surface area contributed by atoms with Crippen molar-refractivity contribution >= 4 is 29.1 Å². The van der Waals surface area contributed by atoms with Gasteiger partial charge < -0.3 is 24.5 Å². The van der Waals surface area contributed by atoms with Crippen LogP contribution in [0, 0.1) is 25.7 Å². The average Bonchev–Trinajstić information content (AvgIpc) is 3.23. The number of amides is 3. The molecule has 2 aromatic carbocycles. The van der Waals surface area contributed by atoms with Crippen molar-refractivity contribution in [1.82, 2.24) is 4.90 Å². The quantitative estimate of drug-likeness (QED) is 0.588. The second-order valence-corrected chi connectivity index (χ2v) is 11.2. The number of carbonyl (C=O) groups excluding carboxylic acids is 3. The first-order valence-corrected chi connectivity index (χ1v) is 14.0. The highest BCUT2D eigenvalue weighted by Crippen LogP contribution is 2.58. The summed E-state index contributed by atoms with van der Waals surface area (Å²) in [5, 5.41) is 9.97. The number of ether oxygens (including phenoxy) is 1. The summed E-state index contributed by atoms with van der Waals surface area (Å²) in [6, 6.07) is 14.4. The fourth-order valence-corrected chi connectivity index (χ4v) is 7.17. The van der Waals surface area contributed by atoms with Crippen LogP contribution in [0.1, 0.15) is 24.5 Å². The summed E-state index contributed by atoms with van der Waals surface area (Å²) < 4.78 is 6.98. The molecular formula is C32H35N3O5. The Kier molecular flexibility index (Phi) is 6.43. The van der Waals surface area contributed by atoms with E-state index in [0.29, 0.717) is 19.5 Å². The van der Waals surface area contributed by atoms with E-state index >= 15 is 0 Å². The van der Waals surface area contributed by atoms with Gasteiger partial charge in [0, 0.05) is 31.0 Å². The van der Waals surface area contributed by atoms with Gasteiger partial charge in [-0.3, -0.25) is 14.4 Å². The first-order chi connectivity index (χ1) is 19.3. The normalized spacial score (nSPS) is 31.2. The molecule has 1 unspecified atom stereocenters. The lowest BCUT2D eigenvalue weighted by Crippen LogP contribution is -2.56. The van der Waals surface area contributed by atoms with Crippen LogP contribution in [0.25, 0.3) is 0 Å². The van der Waals surface area contributed by atoms with Crippen molar-refractivity contribution in [2.75, 3.05) is 36.0 Å². The number of fused-ring (bicyclic) bond motifs is 2. The second-order valence-electron chi connectivity index (χ2n) is 11.2. The lowest BCUT2D eigenvalue weighted by Gasteiger charge is -2.38. The lowest BCUT2D eigenvalue weighted by molar-refractivity contribution is -0.146. The molecule has 4 aliphatic rings. The summed E-state index contributed by atoms with van der Waals surface area (Å²) in [6.07, 6.45) is 8.06. The van der Waals surface area contributed by atoms with E-state index in [0.717, 1.165) is 22.5 Å². The fraction of sp³-hybridized carbons (Fsp3) is 0.406. The van der Waals surface area contributed by atoms with E-state index in [1.54, 1.807) is 9.80 Å². The Balaban J connectivity index is 1.50. The van der Waals surface area contributed by atoms with Gasteiger partial charge in [-0.15, -0.1) is 0 Å². The molecular weight excluding hydrogens is 506 g/mol. The maximum atomic E-state index is 14.5. The zero-order chi connectivity index (χ0) is 28.2. The fourth-order valence-electron chi connectivity index (χ4n) is 7.17. The SMILES string of the molecule is CC[C@]12C=CCN(c3ccccc3)C(=O)[C@H]1[C@H]1C(=O)N(CCO)C3C(=O)N(c4cc(C)ccc4C)CC=C[C@@]31O2. The number of carbonyl (C=O) groups is 3. The van der Waals surface area contributed by atoms with Crippen LogP contribution in [-0.4, -0.2) is 71.2 Å². The number of hydrogen-bond acceptors (Lipinski definition) is 5. The third kappa shape index (κ3) is 3.69. The van der Waals surface area contributed by atoms with Crippen molar-refractivity contribution in [2.45, 2.75) is 44.4 Å². The predicted molar refractivity (Wildman–Crippen MR) is 152 cm³/mol. The topological polar surface area (TPSA) is 90.4 Å². The lowest BCUT2D eigenvalue weighted by atomic mass is 9.73. The van der Waals surface area contributed by atoms with Gasteiger partial charge >= 0.3 is 0 Å². The first kappa shape index (κ1) is 26.5. The standard InChI is InChI=1S/C32H35N3O5/c1-4-31-14-8-16-33(23-10-6-5-7-11-23)28(37)25(31)26-29(38)35(18-19-36)27-30(39)34(17-9-15-32(26,27)40-31)24-20-21(2)12-13-22(24)3/h5-15,20,25-27,36H,4,16-19H2,1-3H3/t25-,26+,27?,31+,32+/m1/s1. The largest absolute Gasteiger partial charge is 0.395 e. The van der Waals surface area contributed by atoms with Gasteiger partial charge in [-0.2, -0.15) is 0 Å². The number of nitrogens with zero attached hydrogens (tertiary/aromatic N) is 3. The van der Waals surface area contributed by atoms with Crippen LogP contribution in [0.4, 0.5) is 11.4 Å². The van der Waals surface area contributed by atoms with Gasteiger partial charge in [-0.05, 0) is 49.6 Å². The van der Waals surface area contributed by atoms with Crippen LogP contribution in [0.2, 0.25) is 0 Å². The number of likely N-dealkylation sites (tertiary alicyclic amines) is 1. The second kappa shape index (κ2) is 9.71. The number of aliphatic hydroxyl groups excluding tert-OH is 1. The highest BCUT2D eigenvalue weighted by molar-refractivity contribution is 6.08. The molecule has 6 rings (SSSR count). The molecule has 4 aliphatic heterocycles. The molecule has 0 radical (unpaired) electrons. The molecule has 2 aromatic rings. The third-order valence-corrected chi connectivity index (χ3v) is 9.00. The zero-order valence-electron chi connectivity index (χ0n) is 23.1. The van der Waals surface area contributed by atoms with E-state index in [-0.39, 0.29) is 30.9 Å². The molecule has 8 heteroatoms. The molecule has 0 bridgehead atoms. The van der Waals surface area contributed by atoms with Crippen LogP contribution >= 0.6 is 0 Å². The van der Waals surface area contributed by atoms with Gasteiger partial charge in [-0.1, -0.05) is 61.6 Å². The Labute approximate surface area is 234 Å². The molecule has 8 nitrogen and oxygen atoms in total. The van der Waals surface area contributed by atoms with E-state index in [1.165, 1.54) is 4.90 Å². The number of anilines is 2. The van der Waals surface area contributed by atoms with Crippen molar-refractivity contribution in [2.24, 2.45) is 11.8 Å². The number of para-hydroxylation sites is 1. The van der Waals surface area contributed by atoms with E-state index in [1.807, 2.05) is 93.6 Å². The Morgan fingerprint density at radius 3 is 2.35 bits per heavy atom. The molecule has 208 valence electrons. The summed E-state index contributed by atoms with van der Waals surface area (Å²) in [5.41, 5.74) is 1.07. The maximum absolute atomic E-state index is 14.5. The average molecular weight is 542 g/mol. The smallest absolute Gasteiger partial charge is 0.253 e. The number of benzene rings is 2. The van der Waals surface area contributed by atoms with Crippen LogP contribution in [-0.2, 0) is 19.1 Å². The van der Waals surface area contributed by atoms with Crippen molar-refractivity contribution in [3.8, 4) is 0 Å². The number of hydrogen-bond donors (Lipinski definition) is 1. The van der Waals surface area contributed by atoms with Gasteiger partial charge in [0.25, 0.3) is 5.91 Å². The minimum Gasteiger partial charge on any atom is -0.395 e. The minimum absolute atomic E-state index is 0.0242. The first-order valence-electron chi connectivity index (χ1n) is 14.0. The third-order valence-electron chi connectivity index (χ3n) is 9.00. The predicted octanol–water partition coefficient (Wildman–Crippen LogP) is 3.16.